The van der Waals surface area contributed by atoms with Gasteiger partial charge in [-0.2, -0.15) is 0 Å². The average molecular weight is 497 g/mol. The van der Waals surface area contributed by atoms with E-state index in [1.807, 2.05) is 66.9 Å². The van der Waals surface area contributed by atoms with Crippen LogP contribution in [-0.2, 0) is 24.2 Å². The molecule has 0 saturated carbocycles. The van der Waals surface area contributed by atoms with E-state index >= 15 is 0 Å². The Bertz CT molecular complexity index is 1250. The van der Waals surface area contributed by atoms with Gasteiger partial charge in [-0.05, 0) is 34.7 Å². The van der Waals surface area contributed by atoms with Crippen LogP contribution in [0.25, 0.3) is 0 Å². The van der Waals surface area contributed by atoms with Crippen molar-refractivity contribution in [2.75, 3.05) is 18.4 Å². The van der Waals surface area contributed by atoms with Gasteiger partial charge in [0.05, 0.1) is 18.2 Å². The molecule has 0 radical (unpaired) electrons. The molecule has 6 heteroatoms. The second-order valence-electron chi connectivity index (χ2n) is 9.64. The minimum atomic E-state index is -0.551. The summed E-state index contributed by atoms with van der Waals surface area (Å²) >= 11 is 0. The molecule has 0 aliphatic carbocycles. The predicted molar refractivity (Wildman–Crippen MR) is 149 cm³/mol. The van der Waals surface area contributed by atoms with Crippen molar-refractivity contribution in [3.8, 4) is 0 Å². The number of hydrogen-bond donors (Lipinski definition) is 3. The first-order valence-corrected chi connectivity index (χ1v) is 12.9. The Morgan fingerprint density at radius 1 is 0.919 bits per heavy atom. The number of nitrogens with zero attached hydrogens (tertiary/aromatic N) is 2. The summed E-state index contributed by atoms with van der Waals surface area (Å²) in [7, 11) is 0. The van der Waals surface area contributed by atoms with Crippen molar-refractivity contribution in [3.63, 3.8) is 0 Å². The van der Waals surface area contributed by atoms with Gasteiger partial charge in [0.15, 0.2) is 0 Å². The molecule has 192 valence electrons. The molecule has 0 saturated heterocycles. The highest BCUT2D eigenvalue weighted by Gasteiger charge is 2.14. The van der Waals surface area contributed by atoms with Gasteiger partial charge >= 0.3 is 0 Å². The zero-order valence-electron chi connectivity index (χ0n) is 21.6. The lowest BCUT2D eigenvalue weighted by atomic mass is 10.0. The van der Waals surface area contributed by atoms with Crippen LogP contribution in [0.4, 0.5) is 5.69 Å². The molecule has 0 bridgehead atoms. The Morgan fingerprint density at radius 2 is 1.59 bits per heavy atom. The van der Waals surface area contributed by atoms with E-state index in [4.69, 9.17) is 4.98 Å². The van der Waals surface area contributed by atoms with E-state index in [0.717, 1.165) is 22.8 Å². The van der Waals surface area contributed by atoms with E-state index in [2.05, 4.69) is 53.3 Å². The highest BCUT2D eigenvalue weighted by atomic mass is 16.3. The van der Waals surface area contributed by atoms with E-state index in [-0.39, 0.29) is 12.3 Å². The van der Waals surface area contributed by atoms with E-state index in [1.54, 1.807) is 0 Å². The molecule has 1 atom stereocenters. The lowest BCUT2D eigenvalue weighted by Gasteiger charge is -2.11. The number of anilines is 1. The third kappa shape index (κ3) is 7.87. The minimum absolute atomic E-state index is 0.0936. The number of para-hydroxylation sites is 1. The molecule has 3 aromatic carbocycles. The fourth-order valence-electron chi connectivity index (χ4n) is 4.23. The van der Waals surface area contributed by atoms with Crippen LogP contribution < -0.4 is 10.6 Å². The molecule has 3 N–H and O–H groups in total. The third-order valence-electron chi connectivity index (χ3n) is 6.36. The van der Waals surface area contributed by atoms with Gasteiger partial charge in [-0.1, -0.05) is 86.6 Å². The molecule has 4 aromatic rings. The summed E-state index contributed by atoms with van der Waals surface area (Å²) in [6.07, 6.45) is 2.38. The summed E-state index contributed by atoms with van der Waals surface area (Å²) in [5.41, 5.74) is 5.07. The standard InChI is InChI=1S/C31H36N4O2/c1-23(2)25-15-13-24(14-16-25)21-35-22-28(17-18-32-20-29(36)26-9-5-3-6-10-26)33-30(35)19-31(37)34-27-11-7-4-8-12-27/h3-16,22-23,29,32,36H,17-21H2,1-2H3,(H,34,37)/t29-/m0/s1. The largest absolute Gasteiger partial charge is 0.387 e. The maximum Gasteiger partial charge on any atom is 0.231 e. The topological polar surface area (TPSA) is 79.2 Å². The Hall–Kier alpha value is -3.74. The first-order valence-electron chi connectivity index (χ1n) is 12.9. The van der Waals surface area contributed by atoms with E-state index in [1.165, 1.54) is 11.1 Å². The van der Waals surface area contributed by atoms with Crippen molar-refractivity contribution < 1.29 is 9.90 Å². The normalized spacial score (nSPS) is 12.0. The number of imidazole rings is 1. The second kappa shape index (κ2) is 13.0. The minimum Gasteiger partial charge on any atom is -0.387 e. The summed E-state index contributed by atoms with van der Waals surface area (Å²) < 4.78 is 2.07. The van der Waals surface area contributed by atoms with Crippen molar-refractivity contribution in [1.29, 1.82) is 0 Å². The lowest BCUT2D eigenvalue weighted by Crippen LogP contribution is -2.23. The second-order valence-corrected chi connectivity index (χ2v) is 9.64. The lowest BCUT2D eigenvalue weighted by molar-refractivity contribution is -0.115. The average Bonchev–Trinajstić information content (AvgIpc) is 3.28. The summed E-state index contributed by atoms with van der Waals surface area (Å²) in [6, 6.07) is 27.8. The number of aliphatic hydroxyl groups excluding tert-OH is 1. The number of carbonyl (C=O) groups excluding carboxylic acids is 1. The van der Waals surface area contributed by atoms with Crippen molar-refractivity contribution in [2.45, 2.75) is 45.3 Å². The molecular formula is C31H36N4O2. The van der Waals surface area contributed by atoms with Crippen LogP contribution in [0.15, 0.2) is 91.1 Å². The van der Waals surface area contributed by atoms with Crippen LogP contribution in [0.5, 0.6) is 0 Å². The highest BCUT2D eigenvalue weighted by Crippen LogP contribution is 2.17. The quantitative estimate of drug-likeness (QED) is 0.238. The zero-order chi connectivity index (χ0) is 26.0. The molecule has 1 amide bonds. The number of nitrogens with one attached hydrogen (secondary N) is 2. The van der Waals surface area contributed by atoms with Crippen LogP contribution in [-0.4, -0.2) is 33.7 Å². The Balaban J connectivity index is 1.41. The Morgan fingerprint density at radius 3 is 2.27 bits per heavy atom. The smallest absolute Gasteiger partial charge is 0.231 e. The van der Waals surface area contributed by atoms with Gasteiger partial charge in [-0.25, -0.2) is 4.98 Å². The first kappa shape index (κ1) is 26.3. The van der Waals surface area contributed by atoms with Gasteiger partial charge in [0.25, 0.3) is 0 Å². The zero-order valence-corrected chi connectivity index (χ0v) is 21.6. The molecule has 37 heavy (non-hydrogen) atoms. The molecule has 0 spiro atoms. The number of amides is 1. The van der Waals surface area contributed by atoms with Gasteiger partial charge in [-0.15, -0.1) is 0 Å². The van der Waals surface area contributed by atoms with Gasteiger partial charge in [0, 0.05) is 37.9 Å². The van der Waals surface area contributed by atoms with Crippen LogP contribution >= 0.6 is 0 Å². The van der Waals surface area contributed by atoms with Gasteiger partial charge in [0.2, 0.25) is 5.91 Å². The molecule has 1 heterocycles. The van der Waals surface area contributed by atoms with Crippen molar-refractivity contribution in [1.82, 2.24) is 14.9 Å². The number of aromatic nitrogens is 2. The van der Waals surface area contributed by atoms with Gasteiger partial charge in [0.1, 0.15) is 5.82 Å². The van der Waals surface area contributed by atoms with Gasteiger partial charge in [-0.3, -0.25) is 4.79 Å². The van der Waals surface area contributed by atoms with Crippen molar-refractivity contribution in [2.24, 2.45) is 0 Å². The van der Waals surface area contributed by atoms with Gasteiger partial charge < -0.3 is 20.3 Å². The van der Waals surface area contributed by atoms with Crippen LogP contribution in [0, 0.1) is 0 Å². The molecule has 1 aromatic heterocycles. The van der Waals surface area contributed by atoms with Crippen molar-refractivity contribution in [3.05, 3.63) is 119 Å². The maximum atomic E-state index is 12.8. The third-order valence-corrected chi connectivity index (χ3v) is 6.36. The Kier molecular flexibility index (Phi) is 9.24. The fraction of sp³-hybridized carbons (Fsp3) is 0.290. The number of benzene rings is 3. The number of carbonyl (C=O) groups is 1. The number of rotatable bonds is 12. The van der Waals surface area contributed by atoms with Crippen molar-refractivity contribution >= 4 is 11.6 Å². The predicted octanol–water partition coefficient (Wildman–Crippen LogP) is 5.10. The first-order chi connectivity index (χ1) is 18.0. The molecule has 0 aliphatic rings. The SMILES string of the molecule is CC(C)c1ccc(Cn2cc(CCNC[C@H](O)c3ccccc3)nc2CC(=O)Nc2ccccc2)cc1. The summed E-state index contributed by atoms with van der Waals surface area (Å²) in [5.74, 6) is 1.13. The number of aliphatic hydroxyl groups is 1. The molecule has 0 unspecified atom stereocenters. The molecule has 0 aliphatic heterocycles. The summed E-state index contributed by atoms with van der Waals surface area (Å²) in [6.45, 7) is 6.18. The van der Waals surface area contributed by atoms with E-state index in [0.29, 0.717) is 32.0 Å². The molecule has 6 nitrogen and oxygen atoms in total. The Labute approximate surface area is 219 Å². The van der Waals surface area contributed by atoms with E-state index in [9.17, 15) is 9.90 Å². The number of hydrogen-bond acceptors (Lipinski definition) is 4. The maximum absolute atomic E-state index is 12.8. The highest BCUT2D eigenvalue weighted by molar-refractivity contribution is 5.91. The molecular weight excluding hydrogens is 460 g/mol. The molecule has 0 fully saturated rings. The molecule has 4 rings (SSSR count). The van der Waals surface area contributed by atoms with E-state index < -0.39 is 6.10 Å². The van der Waals surface area contributed by atoms with Crippen LogP contribution in [0.2, 0.25) is 0 Å². The monoisotopic (exact) mass is 496 g/mol. The summed E-state index contributed by atoms with van der Waals surface area (Å²) in [5, 5.41) is 16.7. The summed E-state index contributed by atoms with van der Waals surface area (Å²) in [4.78, 5) is 17.6. The van der Waals surface area contributed by atoms with Crippen LogP contribution in [0.3, 0.4) is 0 Å². The van der Waals surface area contributed by atoms with Crippen LogP contribution in [0.1, 0.15) is 54.1 Å². The fourth-order valence-corrected chi connectivity index (χ4v) is 4.23.